The molecule has 19 heavy (non-hydrogen) atoms. The van der Waals surface area contributed by atoms with Crippen LogP contribution in [0.5, 0.6) is 5.75 Å². The van der Waals surface area contributed by atoms with E-state index < -0.39 is 0 Å². The molecule has 0 heterocycles. The van der Waals surface area contributed by atoms with Gasteiger partial charge in [0.1, 0.15) is 5.75 Å². The standard InChI is InChI=1S/C14H17Cl2NO2/c15-9-14(6-2-1-3-7-14)17-13(19)11-8-10(18)4-5-12(11)16/h4-5,8,18H,1-3,6-7,9H2,(H,17,19). The largest absolute Gasteiger partial charge is 0.508 e. The molecular formula is C14H17Cl2NO2. The fourth-order valence-electron chi connectivity index (χ4n) is 2.52. The van der Waals surface area contributed by atoms with Gasteiger partial charge in [0, 0.05) is 5.88 Å². The van der Waals surface area contributed by atoms with Crippen molar-refractivity contribution < 1.29 is 9.90 Å². The van der Waals surface area contributed by atoms with Gasteiger partial charge in [0.25, 0.3) is 5.91 Å². The van der Waals surface area contributed by atoms with Crippen LogP contribution in [-0.2, 0) is 0 Å². The van der Waals surface area contributed by atoms with Crippen molar-refractivity contribution in [2.75, 3.05) is 5.88 Å². The highest BCUT2D eigenvalue weighted by atomic mass is 35.5. The molecule has 0 atom stereocenters. The highest BCUT2D eigenvalue weighted by Crippen LogP contribution is 2.30. The predicted octanol–water partition coefficient (Wildman–Crippen LogP) is 3.72. The average molecular weight is 302 g/mol. The molecule has 5 heteroatoms. The molecule has 0 saturated heterocycles. The maximum atomic E-state index is 12.3. The van der Waals surface area contributed by atoms with Gasteiger partial charge in [0.15, 0.2) is 0 Å². The summed E-state index contributed by atoms with van der Waals surface area (Å²) in [6.07, 6.45) is 5.10. The van der Waals surface area contributed by atoms with Crippen molar-refractivity contribution >= 4 is 29.1 Å². The molecule has 1 aromatic carbocycles. The number of halogens is 2. The second-order valence-corrected chi connectivity index (χ2v) is 5.77. The first-order valence-corrected chi connectivity index (χ1v) is 7.35. The van der Waals surface area contributed by atoms with Crippen LogP contribution in [0.4, 0.5) is 0 Å². The average Bonchev–Trinajstić information content (AvgIpc) is 2.42. The number of phenols is 1. The summed E-state index contributed by atoms with van der Waals surface area (Å²) in [6.45, 7) is 0. The Balaban J connectivity index is 2.17. The summed E-state index contributed by atoms with van der Waals surface area (Å²) in [5, 5.41) is 12.8. The SMILES string of the molecule is O=C(NC1(CCl)CCCCC1)c1cc(O)ccc1Cl. The summed E-state index contributed by atoms with van der Waals surface area (Å²) in [6, 6.07) is 4.35. The van der Waals surface area contributed by atoms with Gasteiger partial charge in [-0.05, 0) is 31.0 Å². The van der Waals surface area contributed by atoms with E-state index in [1.807, 2.05) is 0 Å². The molecule has 0 aliphatic heterocycles. The maximum absolute atomic E-state index is 12.3. The molecular weight excluding hydrogens is 285 g/mol. The summed E-state index contributed by atoms with van der Waals surface area (Å²) in [7, 11) is 0. The normalized spacial score (nSPS) is 18.0. The van der Waals surface area contributed by atoms with E-state index in [0.717, 1.165) is 25.7 Å². The maximum Gasteiger partial charge on any atom is 0.253 e. The van der Waals surface area contributed by atoms with Gasteiger partial charge in [0.05, 0.1) is 16.1 Å². The molecule has 0 unspecified atom stereocenters. The molecule has 0 radical (unpaired) electrons. The van der Waals surface area contributed by atoms with Gasteiger partial charge >= 0.3 is 0 Å². The molecule has 1 amide bonds. The van der Waals surface area contributed by atoms with Crippen molar-refractivity contribution in [2.24, 2.45) is 0 Å². The monoisotopic (exact) mass is 301 g/mol. The van der Waals surface area contributed by atoms with Gasteiger partial charge in [0.2, 0.25) is 0 Å². The Morgan fingerprint density at radius 1 is 1.32 bits per heavy atom. The van der Waals surface area contributed by atoms with Gasteiger partial charge in [-0.2, -0.15) is 0 Å². The van der Waals surface area contributed by atoms with Crippen LogP contribution in [0.25, 0.3) is 0 Å². The van der Waals surface area contributed by atoms with Crippen molar-refractivity contribution in [1.82, 2.24) is 5.32 Å². The zero-order chi connectivity index (χ0) is 13.9. The number of phenolic OH excluding ortho intramolecular Hbond substituents is 1. The van der Waals surface area contributed by atoms with Crippen LogP contribution in [0, 0.1) is 0 Å². The number of carbonyl (C=O) groups excluding carboxylic acids is 1. The number of hydrogen-bond acceptors (Lipinski definition) is 2. The van der Waals surface area contributed by atoms with Crippen LogP contribution in [0.1, 0.15) is 42.5 Å². The van der Waals surface area contributed by atoms with E-state index >= 15 is 0 Å². The van der Waals surface area contributed by atoms with Gasteiger partial charge in [-0.25, -0.2) is 0 Å². The number of nitrogens with one attached hydrogen (secondary N) is 1. The first kappa shape index (κ1) is 14.5. The third-order valence-electron chi connectivity index (χ3n) is 3.64. The van der Waals surface area contributed by atoms with Crippen molar-refractivity contribution in [1.29, 1.82) is 0 Å². The fourth-order valence-corrected chi connectivity index (χ4v) is 3.05. The number of hydrogen-bond donors (Lipinski definition) is 2. The second-order valence-electron chi connectivity index (χ2n) is 5.09. The number of carbonyl (C=O) groups is 1. The molecule has 1 saturated carbocycles. The van der Waals surface area contributed by atoms with Crippen LogP contribution in [0.3, 0.4) is 0 Å². The highest BCUT2D eigenvalue weighted by molar-refractivity contribution is 6.34. The molecule has 0 bridgehead atoms. The van der Waals surface area contributed by atoms with Crippen molar-refractivity contribution in [3.8, 4) is 5.75 Å². The summed E-state index contributed by atoms with van der Waals surface area (Å²) >= 11 is 12.0. The molecule has 2 rings (SSSR count). The Hall–Kier alpha value is -0.930. The summed E-state index contributed by atoms with van der Waals surface area (Å²) in [5.74, 6) is 0.149. The van der Waals surface area contributed by atoms with Gasteiger partial charge in [-0.15, -0.1) is 11.6 Å². The molecule has 104 valence electrons. The topological polar surface area (TPSA) is 49.3 Å². The minimum Gasteiger partial charge on any atom is -0.508 e. The molecule has 1 aliphatic carbocycles. The van der Waals surface area contributed by atoms with Gasteiger partial charge < -0.3 is 10.4 Å². The predicted molar refractivity (Wildman–Crippen MR) is 77.1 cm³/mol. The fraction of sp³-hybridized carbons (Fsp3) is 0.500. The number of alkyl halides is 1. The Bertz CT molecular complexity index is 471. The van der Waals surface area contributed by atoms with Crippen LogP contribution in [-0.4, -0.2) is 22.4 Å². The lowest BCUT2D eigenvalue weighted by molar-refractivity contribution is 0.0884. The van der Waals surface area contributed by atoms with Crippen LogP contribution < -0.4 is 5.32 Å². The van der Waals surface area contributed by atoms with E-state index in [4.69, 9.17) is 23.2 Å². The highest BCUT2D eigenvalue weighted by Gasteiger charge is 2.33. The Labute approximate surface area is 122 Å². The zero-order valence-electron chi connectivity index (χ0n) is 10.6. The smallest absolute Gasteiger partial charge is 0.253 e. The summed E-state index contributed by atoms with van der Waals surface area (Å²) in [4.78, 5) is 12.3. The van der Waals surface area contributed by atoms with Crippen LogP contribution in [0.2, 0.25) is 5.02 Å². The molecule has 3 nitrogen and oxygen atoms in total. The van der Waals surface area contributed by atoms with E-state index in [9.17, 15) is 9.90 Å². The lowest BCUT2D eigenvalue weighted by atomic mass is 9.83. The molecule has 2 N–H and O–H groups in total. The van der Waals surface area contributed by atoms with E-state index in [0.29, 0.717) is 10.9 Å². The number of amides is 1. The third-order valence-corrected chi connectivity index (χ3v) is 4.48. The van der Waals surface area contributed by atoms with Crippen LogP contribution >= 0.6 is 23.2 Å². The van der Waals surface area contributed by atoms with Crippen molar-refractivity contribution in [3.05, 3.63) is 28.8 Å². The molecule has 1 aliphatic rings. The molecule has 0 aromatic heterocycles. The Kier molecular flexibility index (Phi) is 4.58. The van der Waals surface area contributed by atoms with Crippen molar-refractivity contribution in [3.63, 3.8) is 0 Å². The number of aromatic hydroxyl groups is 1. The zero-order valence-corrected chi connectivity index (χ0v) is 12.1. The number of rotatable bonds is 3. The number of benzene rings is 1. The molecule has 1 fully saturated rings. The minimum absolute atomic E-state index is 0.0260. The van der Waals surface area contributed by atoms with Crippen LogP contribution in [0.15, 0.2) is 18.2 Å². The van der Waals surface area contributed by atoms with Gasteiger partial charge in [-0.3, -0.25) is 4.79 Å². The van der Waals surface area contributed by atoms with E-state index in [-0.39, 0.29) is 22.8 Å². The van der Waals surface area contributed by atoms with Crippen molar-refractivity contribution in [2.45, 2.75) is 37.6 Å². The summed E-state index contributed by atoms with van der Waals surface area (Å²) < 4.78 is 0. The van der Waals surface area contributed by atoms with Gasteiger partial charge in [-0.1, -0.05) is 30.9 Å². The molecule has 1 aromatic rings. The lowest BCUT2D eigenvalue weighted by Crippen LogP contribution is -2.51. The third kappa shape index (κ3) is 3.34. The molecule has 0 spiro atoms. The van der Waals surface area contributed by atoms with E-state index in [2.05, 4.69) is 5.32 Å². The lowest BCUT2D eigenvalue weighted by Gasteiger charge is -2.36. The minimum atomic E-state index is -0.342. The second kappa shape index (κ2) is 6.02. The van der Waals surface area contributed by atoms with E-state index in [1.165, 1.54) is 24.6 Å². The first-order chi connectivity index (χ1) is 9.06. The quantitative estimate of drug-likeness (QED) is 0.836. The first-order valence-electron chi connectivity index (χ1n) is 6.43. The summed E-state index contributed by atoms with van der Waals surface area (Å²) in [5.41, 5.74) is -0.0529. The van der Waals surface area contributed by atoms with E-state index in [1.54, 1.807) is 0 Å². The Morgan fingerprint density at radius 3 is 2.63 bits per heavy atom. The Morgan fingerprint density at radius 2 is 2.00 bits per heavy atom.